The number of ether oxygens (including phenoxy) is 2. The van der Waals surface area contributed by atoms with Crippen molar-refractivity contribution in [3.8, 4) is 11.5 Å². The van der Waals surface area contributed by atoms with Crippen molar-refractivity contribution >= 4 is 10.0 Å². The Labute approximate surface area is 124 Å². The Morgan fingerprint density at radius 2 is 1.57 bits per heavy atom. The number of rotatable bonds is 7. The summed E-state index contributed by atoms with van der Waals surface area (Å²) in [6, 6.07) is 15.4. The number of para-hydroxylation sites is 2. The molecule has 0 fully saturated rings. The predicted molar refractivity (Wildman–Crippen MR) is 80.1 cm³/mol. The SMILES string of the molecule is COc1ccccc1OCCNS(=O)(=O)c1ccccc1. The van der Waals surface area contributed by atoms with Crippen molar-refractivity contribution in [1.82, 2.24) is 4.72 Å². The van der Waals surface area contributed by atoms with Crippen LogP contribution in [0.2, 0.25) is 0 Å². The molecule has 0 saturated carbocycles. The van der Waals surface area contributed by atoms with Gasteiger partial charge in [-0.15, -0.1) is 0 Å². The van der Waals surface area contributed by atoms with Gasteiger partial charge in [-0.1, -0.05) is 30.3 Å². The molecule has 0 saturated heterocycles. The Kier molecular flexibility index (Phi) is 5.19. The standard InChI is InChI=1S/C15H17NO4S/c1-19-14-9-5-6-10-15(14)20-12-11-16-21(17,18)13-7-3-2-4-8-13/h2-10,16H,11-12H2,1H3. The molecular formula is C15H17NO4S. The van der Waals surface area contributed by atoms with Gasteiger partial charge in [-0.25, -0.2) is 13.1 Å². The quantitative estimate of drug-likeness (QED) is 0.795. The lowest BCUT2D eigenvalue weighted by atomic mass is 10.3. The lowest BCUT2D eigenvalue weighted by molar-refractivity contribution is 0.299. The third kappa shape index (κ3) is 4.21. The van der Waals surface area contributed by atoms with Gasteiger partial charge >= 0.3 is 0 Å². The highest BCUT2D eigenvalue weighted by Crippen LogP contribution is 2.25. The van der Waals surface area contributed by atoms with E-state index in [2.05, 4.69) is 4.72 Å². The molecule has 0 radical (unpaired) electrons. The summed E-state index contributed by atoms with van der Waals surface area (Å²) in [5.41, 5.74) is 0. The van der Waals surface area contributed by atoms with E-state index in [0.29, 0.717) is 11.5 Å². The first-order valence-corrected chi connectivity index (χ1v) is 7.92. The maximum absolute atomic E-state index is 12.0. The molecule has 0 spiro atoms. The number of sulfonamides is 1. The van der Waals surface area contributed by atoms with E-state index in [-0.39, 0.29) is 18.0 Å². The molecule has 2 aromatic rings. The largest absolute Gasteiger partial charge is 0.493 e. The van der Waals surface area contributed by atoms with Crippen molar-refractivity contribution in [2.24, 2.45) is 0 Å². The Bertz CT molecular complexity index is 671. The zero-order chi connectivity index (χ0) is 15.1. The van der Waals surface area contributed by atoms with Gasteiger partial charge < -0.3 is 9.47 Å². The van der Waals surface area contributed by atoms with Crippen LogP contribution in [0, 0.1) is 0 Å². The molecule has 112 valence electrons. The first kappa shape index (κ1) is 15.3. The Balaban J connectivity index is 1.88. The summed E-state index contributed by atoms with van der Waals surface area (Å²) in [4.78, 5) is 0.238. The normalized spacial score (nSPS) is 11.1. The molecule has 0 aliphatic carbocycles. The molecular weight excluding hydrogens is 290 g/mol. The summed E-state index contributed by atoms with van der Waals surface area (Å²) in [5.74, 6) is 1.20. The number of nitrogens with one attached hydrogen (secondary N) is 1. The second kappa shape index (κ2) is 7.10. The van der Waals surface area contributed by atoms with Gasteiger partial charge in [0.2, 0.25) is 10.0 Å². The van der Waals surface area contributed by atoms with Crippen molar-refractivity contribution in [3.05, 3.63) is 54.6 Å². The van der Waals surface area contributed by atoms with Crippen LogP contribution in [0.3, 0.4) is 0 Å². The fraction of sp³-hybridized carbons (Fsp3) is 0.200. The van der Waals surface area contributed by atoms with Crippen LogP contribution in [-0.2, 0) is 10.0 Å². The Morgan fingerprint density at radius 1 is 0.952 bits per heavy atom. The number of benzene rings is 2. The summed E-state index contributed by atoms with van der Waals surface area (Å²) < 4.78 is 37.1. The van der Waals surface area contributed by atoms with Crippen molar-refractivity contribution < 1.29 is 17.9 Å². The Morgan fingerprint density at radius 3 is 2.24 bits per heavy atom. The van der Waals surface area contributed by atoms with E-state index in [0.717, 1.165) is 0 Å². The predicted octanol–water partition coefficient (Wildman–Crippen LogP) is 2.05. The average molecular weight is 307 g/mol. The van der Waals surface area contributed by atoms with Crippen LogP contribution in [0.5, 0.6) is 11.5 Å². The van der Waals surface area contributed by atoms with Gasteiger partial charge in [0, 0.05) is 6.54 Å². The summed E-state index contributed by atoms with van der Waals surface area (Å²) in [5, 5.41) is 0. The van der Waals surface area contributed by atoms with Gasteiger partial charge in [-0.05, 0) is 24.3 Å². The number of hydrogen-bond donors (Lipinski definition) is 1. The zero-order valence-electron chi connectivity index (χ0n) is 11.7. The highest BCUT2D eigenvalue weighted by Gasteiger charge is 2.12. The minimum absolute atomic E-state index is 0.176. The van der Waals surface area contributed by atoms with E-state index in [1.54, 1.807) is 49.6 Å². The number of hydrogen-bond acceptors (Lipinski definition) is 4. The molecule has 5 nitrogen and oxygen atoms in total. The molecule has 2 rings (SSSR count). The smallest absolute Gasteiger partial charge is 0.240 e. The first-order chi connectivity index (χ1) is 10.1. The van der Waals surface area contributed by atoms with E-state index < -0.39 is 10.0 Å². The monoisotopic (exact) mass is 307 g/mol. The second-order valence-corrected chi connectivity index (χ2v) is 5.98. The second-order valence-electron chi connectivity index (χ2n) is 4.21. The van der Waals surface area contributed by atoms with Crippen molar-refractivity contribution in [1.29, 1.82) is 0 Å². The zero-order valence-corrected chi connectivity index (χ0v) is 12.5. The molecule has 21 heavy (non-hydrogen) atoms. The molecule has 0 unspecified atom stereocenters. The third-order valence-electron chi connectivity index (χ3n) is 2.77. The van der Waals surface area contributed by atoms with Crippen molar-refractivity contribution in [2.45, 2.75) is 4.90 Å². The number of methoxy groups -OCH3 is 1. The molecule has 0 heterocycles. The summed E-state index contributed by atoms with van der Waals surface area (Å²) >= 11 is 0. The Hall–Kier alpha value is -2.05. The van der Waals surface area contributed by atoms with E-state index in [1.165, 1.54) is 0 Å². The molecule has 0 aromatic heterocycles. The third-order valence-corrected chi connectivity index (χ3v) is 4.25. The van der Waals surface area contributed by atoms with Gasteiger partial charge in [0.15, 0.2) is 11.5 Å². The van der Waals surface area contributed by atoms with Gasteiger partial charge in [-0.2, -0.15) is 0 Å². The lowest BCUT2D eigenvalue weighted by Crippen LogP contribution is -2.28. The molecule has 0 atom stereocenters. The van der Waals surface area contributed by atoms with Gasteiger partial charge in [0.1, 0.15) is 6.61 Å². The van der Waals surface area contributed by atoms with Crippen LogP contribution in [0.25, 0.3) is 0 Å². The molecule has 0 amide bonds. The van der Waals surface area contributed by atoms with E-state index in [4.69, 9.17) is 9.47 Å². The van der Waals surface area contributed by atoms with E-state index >= 15 is 0 Å². The van der Waals surface area contributed by atoms with Crippen LogP contribution in [0.1, 0.15) is 0 Å². The van der Waals surface area contributed by atoms with Gasteiger partial charge in [0.25, 0.3) is 0 Å². The minimum atomic E-state index is -3.49. The summed E-state index contributed by atoms with van der Waals surface area (Å²) in [6.07, 6.45) is 0. The van der Waals surface area contributed by atoms with Crippen LogP contribution in [-0.4, -0.2) is 28.7 Å². The minimum Gasteiger partial charge on any atom is -0.493 e. The van der Waals surface area contributed by atoms with Crippen LogP contribution in [0.15, 0.2) is 59.5 Å². The molecule has 0 bridgehead atoms. The summed E-state index contributed by atoms with van der Waals surface area (Å²) in [7, 11) is -1.94. The van der Waals surface area contributed by atoms with Crippen LogP contribution in [0.4, 0.5) is 0 Å². The fourth-order valence-corrected chi connectivity index (χ4v) is 2.79. The van der Waals surface area contributed by atoms with Gasteiger partial charge in [0.05, 0.1) is 12.0 Å². The maximum Gasteiger partial charge on any atom is 0.240 e. The first-order valence-electron chi connectivity index (χ1n) is 6.44. The molecule has 6 heteroatoms. The fourth-order valence-electron chi connectivity index (χ4n) is 1.76. The summed E-state index contributed by atoms with van der Waals surface area (Å²) in [6.45, 7) is 0.391. The van der Waals surface area contributed by atoms with Crippen molar-refractivity contribution in [3.63, 3.8) is 0 Å². The molecule has 1 N–H and O–H groups in total. The van der Waals surface area contributed by atoms with Gasteiger partial charge in [-0.3, -0.25) is 0 Å². The molecule has 0 aliphatic rings. The maximum atomic E-state index is 12.0. The highest BCUT2D eigenvalue weighted by molar-refractivity contribution is 7.89. The van der Waals surface area contributed by atoms with Crippen molar-refractivity contribution in [2.75, 3.05) is 20.3 Å². The topological polar surface area (TPSA) is 64.6 Å². The van der Waals surface area contributed by atoms with Crippen LogP contribution < -0.4 is 14.2 Å². The highest BCUT2D eigenvalue weighted by atomic mass is 32.2. The lowest BCUT2D eigenvalue weighted by Gasteiger charge is -2.11. The van der Waals surface area contributed by atoms with Crippen LogP contribution >= 0.6 is 0 Å². The molecule has 2 aromatic carbocycles. The van der Waals surface area contributed by atoms with E-state index in [9.17, 15) is 8.42 Å². The molecule has 0 aliphatic heterocycles. The van der Waals surface area contributed by atoms with E-state index in [1.807, 2.05) is 12.1 Å². The average Bonchev–Trinajstić information content (AvgIpc) is 2.53.